The zero-order chi connectivity index (χ0) is 21.2. The highest BCUT2D eigenvalue weighted by atomic mass is 16.5. The predicted octanol–water partition coefficient (Wildman–Crippen LogP) is 0.808. The number of nitrogens with one attached hydrogen (secondary N) is 2. The summed E-state index contributed by atoms with van der Waals surface area (Å²) >= 11 is 0. The van der Waals surface area contributed by atoms with Gasteiger partial charge in [0, 0.05) is 27.3 Å². The minimum atomic E-state index is -0.743. The van der Waals surface area contributed by atoms with Gasteiger partial charge in [-0.15, -0.1) is 0 Å². The molecule has 0 aromatic carbocycles. The normalized spacial score (nSPS) is 39.2. The average Bonchev–Trinajstić information content (AvgIpc) is 3.12. The molecule has 2 amide bonds. The van der Waals surface area contributed by atoms with Gasteiger partial charge in [0.25, 0.3) is 11.8 Å². The summed E-state index contributed by atoms with van der Waals surface area (Å²) in [5, 5.41) is 6.90. The largest absolute Gasteiger partial charge is 0.365 e. The van der Waals surface area contributed by atoms with E-state index >= 15 is 0 Å². The Labute approximate surface area is 173 Å². The summed E-state index contributed by atoms with van der Waals surface area (Å²) in [6.45, 7) is 9.90. The van der Waals surface area contributed by atoms with E-state index in [-0.39, 0.29) is 35.2 Å². The molecule has 8 heteroatoms. The van der Waals surface area contributed by atoms with Crippen LogP contribution in [0, 0.1) is 0 Å². The fourth-order valence-electron chi connectivity index (χ4n) is 5.83. The first kappa shape index (κ1) is 21.0. The predicted molar refractivity (Wildman–Crippen MR) is 108 cm³/mol. The number of rotatable bonds is 8. The van der Waals surface area contributed by atoms with Gasteiger partial charge in [-0.2, -0.15) is 0 Å². The zero-order valence-corrected chi connectivity index (χ0v) is 18.6. The minimum Gasteiger partial charge on any atom is -0.365 e. The van der Waals surface area contributed by atoms with E-state index in [0.29, 0.717) is 12.8 Å². The number of unbranched alkanes of at least 4 members (excludes halogenated alkanes) is 2. The van der Waals surface area contributed by atoms with Gasteiger partial charge in [-0.05, 0) is 53.4 Å². The van der Waals surface area contributed by atoms with E-state index in [2.05, 4.69) is 38.3 Å². The lowest BCUT2D eigenvalue weighted by Crippen LogP contribution is -2.77. The Hall–Kier alpha value is -1.22. The van der Waals surface area contributed by atoms with Crippen LogP contribution < -0.4 is 10.6 Å². The van der Waals surface area contributed by atoms with E-state index < -0.39 is 11.2 Å². The van der Waals surface area contributed by atoms with Crippen molar-refractivity contribution < 1.29 is 19.1 Å². The topological polar surface area (TPSA) is 83.1 Å². The second kappa shape index (κ2) is 6.64. The van der Waals surface area contributed by atoms with Gasteiger partial charge in [-0.3, -0.25) is 20.2 Å². The molecule has 4 saturated heterocycles. The van der Waals surface area contributed by atoms with Crippen LogP contribution >= 0.6 is 0 Å². The molecule has 0 bridgehead atoms. The summed E-state index contributed by atoms with van der Waals surface area (Å²) in [7, 11) is 3.27. The molecular weight excluding hydrogens is 372 g/mol. The van der Waals surface area contributed by atoms with E-state index in [1.54, 1.807) is 14.2 Å². The van der Waals surface area contributed by atoms with Crippen LogP contribution in [0.25, 0.3) is 0 Å². The maximum Gasteiger partial charge on any atom is 0.260 e. The molecule has 2 N–H and O–H groups in total. The van der Waals surface area contributed by atoms with Crippen molar-refractivity contribution in [3.63, 3.8) is 0 Å². The first-order valence-electron chi connectivity index (χ1n) is 10.8. The fraction of sp³-hybridized carbons (Fsp3) is 0.905. The number of carbonyl (C=O) groups excluding carboxylic acids is 2. The number of carbonyl (C=O) groups is 2. The Balaban J connectivity index is 1.29. The quantitative estimate of drug-likeness (QED) is 0.457. The number of nitrogens with zero attached hydrogens (tertiary/aromatic N) is 2. The van der Waals surface area contributed by atoms with Gasteiger partial charge in [0.15, 0.2) is 11.2 Å². The number of ether oxygens (including phenoxy) is 2. The van der Waals surface area contributed by atoms with E-state index in [0.717, 1.165) is 32.4 Å². The van der Waals surface area contributed by atoms with Crippen LogP contribution in [0.2, 0.25) is 0 Å². The van der Waals surface area contributed by atoms with Crippen molar-refractivity contribution in [1.29, 1.82) is 0 Å². The third kappa shape index (κ3) is 2.65. The van der Waals surface area contributed by atoms with Crippen molar-refractivity contribution in [1.82, 2.24) is 20.4 Å². The molecule has 4 rings (SSSR count). The zero-order valence-electron chi connectivity index (χ0n) is 18.6. The maximum absolute atomic E-state index is 12.8. The van der Waals surface area contributed by atoms with E-state index in [1.807, 2.05) is 9.80 Å². The van der Waals surface area contributed by atoms with E-state index in [1.165, 1.54) is 0 Å². The molecule has 0 radical (unpaired) electrons. The van der Waals surface area contributed by atoms with Gasteiger partial charge < -0.3 is 19.3 Å². The van der Waals surface area contributed by atoms with Crippen molar-refractivity contribution in [3.8, 4) is 0 Å². The van der Waals surface area contributed by atoms with Crippen molar-refractivity contribution in [2.24, 2.45) is 0 Å². The van der Waals surface area contributed by atoms with Gasteiger partial charge in [0.2, 0.25) is 0 Å². The smallest absolute Gasteiger partial charge is 0.260 e. The number of fused-ring (bicyclic) bond motifs is 2. The molecule has 0 aromatic rings. The van der Waals surface area contributed by atoms with Crippen LogP contribution in [0.15, 0.2) is 0 Å². The number of β-lactam (4-membered cyclic amide) rings is 2. The molecule has 29 heavy (non-hydrogen) atoms. The van der Waals surface area contributed by atoms with Crippen LogP contribution in [-0.2, 0) is 19.1 Å². The molecule has 0 spiro atoms. The maximum atomic E-state index is 12.8. The highest BCUT2D eigenvalue weighted by molar-refractivity contribution is 5.94. The fourth-order valence-corrected chi connectivity index (χ4v) is 5.83. The van der Waals surface area contributed by atoms with Gasteiger partial charge in [-0.1, -0.05) is 6.42 Å². The minimum absolute atomic E-state index is 0.0352. The molecule has 4 aliphatic rings. The summed E-state index contributed by atoms with van der Waals surface area (Å²) in [6.07, 6.45) is 4.02. The van der Waals surface area contributed by atoms with Crippen molar-refractivity contribution >= 4 is 11.8 Å². The monoisotopic (exact) mass is 408 g/mol. The molecule has 0 saturated carbocycles. The first-order chi connectivity index (χ1) is 13.6. The van der Waals surface area contributed by atoms with Crippen LogP contribution in [0.3, 0.4) is 0 Å². The molecule has 0 aliphatic carbocycles. The molecule has 4 atom stereocenters. The number of methoxy groups -OCH3 is 2. The van der Waals surface area contributed by atoms with Crippen LogP contribution in [0.5, 0.6) is 0 Å². The van der Waals surface area contributed by atoms with Crippen molar-refractivity contribution in [2.75, 3.05) is 27.3 Å². The molecule has 0 aromatic heterocycles. The summed E-state index contributed by atoms with van der Waals surface area (Å²) in [5.41, 5.74) is -1.81. The Bertz CT molecular complexity index is 653. The number of hydrogen-bond donors (Lipinski definition) is 2. The molecule has 8 nitrogen and oxygen atoms in total. The second-order valence-corrected chi connectivity index (χ2v) is 10.3. The lowest BCUT2D eigenvalue weighted by atomic mass is 9.79. The van der Waals surface area contributed by atoms with Crippen LogP contribution in [0.1, 0.15) is 59.8 Å². The standard InChI is InChI=1S/C21H36N4O4/c1-18(2)12-22-14-20(28-5,16(26)24(14)18)10-8-7-9-11-21(29-6)15-23-13-19(3,4)25(15)17(21)27/h14-15,22-23H,7-13H2,1-6H3/t14?,15?,20-,21+. The van der Waals surface area contributed by atoms with Gasteiger partial charge in [0.05, 0.1) is 11.1 Å². The van der Waals surface area contributed by atoms with E-state index in [9.17, 15) is 9.59 Å². The second-order valence-electron chi connectivity index (χ2n) is 10.3. The van der Waals surface area contributed by atoms with Crippen LogP contribution in [-0.4, -0.2) is 83.5 Å². The van der Waals surface area contributed by atoms with Gasteiger partial charge in [-0.25, -0.2) is 0 Å². The van der Waals surface area contributed by atoms with E-state index in [4.69, 9.17) is 9.47 Å². The first-order valence-corrected chi connectivity index (χ1v) is 10.8. The molecular formula is C21H36N4O4. The number of amides is 2. The SMILES string of the molecule is CO[C@@]1(CCCCC[C@@]2(OC)C(=O)N3C2NCC3(C)C)C(=O)N2C1NCC2(C)C. The van der Waals surface area contributed by atoms with Gasteiger partial charge in [0.1, 0.15) is 12.3 Å². The Morgan fingerprint density at radius 3 is 1.52 bits per heavy atom. The molecule has 4 heterocycles. The molecule has 4 aliphatic heterocycles. The lowest BCUT2D eigenvalue weighted by molar-refractivity contribution is -0.206. The summed E-state index contributed by atoms with van der Waals surface area (Å²) in [4.78, 5) is 29.5. The highest BCUT2D eigenvalue weighted by Crippen LogP contribution is 2.46. The van der Waals surface area contributed by atoms with Gasteiger partial charge >= 0.3 is 0 Å². The third-order valence-corrected chi connectivity index (χ3v) is 7.65. The van der Waals surface area contributed by atoms with Crippen molar-refractivity contribution in [2.45, 2.75) is 94.4 Å². The van der Waals surface area contributed by atoms with Crippen molar-refractivity contribution in [3.05, 3.63) is 0 Å². The summed E-state index contributed by atoms with van der Waals surface area (Å²) in [5.74, 6) is 0.186. The highest BCUT2D eigenvalue weighted by Gasteiger charge is 2.68. The Kier molecular flexibility index (Phi) is 4.81. The number of hydrogen-bond acceptors (Lipinski definition) is 6. The molecule has 2 unspecified atom stereocenters. The Morgan fingerprint density at radius 2 is 1.17 bits per heavy atom. The van der Waals surface area contributed by atoms with Crippen LogP contribution in [0.4, 0.5) is 0 Å². The summed E-state index contributed by atoms with van der Waals surface area (Å²) < 4.78 is 11.5. The summed E-state index contributed by atoms with van der Waals surface area (Å²) in [6, 6.07) is 0. The lowest BCUT2D eigenvalue weighted by Gasteiger charge is -2.55. The Morgan fingerprint density at radius 1 is 0.793 bits per heavy atom. The third-order valence-electron chi connectivity index (χ3n) is 7.65. The molecule has 4 fully saturated rings. The molecule has 164 valence electrons. The average molecular weight is 409 g/mol.